The molecule has 1 atom stereocenters. The van der Waals surface area contributed by atoms with Gasteiger partial charge in [-0.3, -0.25) is 13.9 Å². The van der Waals surface area contributed by atoms with Crippen molar-refractivity contribution in [1.82, 2.24) is 24.4 Å². The van der Waals surface area contributed by atoms with E-state index in [2.05, 4.69) is 36.1 Å². The fourth-order valence-corrected chi connectivity index (χ4v) is 4.06. The number of amides is 1. The molecule has 7 heteroatoms. The van der Waals surface area contributed by atoms with Crippen LogP contribution in [0, 0.1) is 5.92 Å². The Hall–Kier alpha value is -3.35. The number of rotatable bonds is 8. The molecule has 31 heavy (non-hydrogen) atoms. The van der Waals surface area contributed by atoms with Crippen LogP contribution in [0.15, 0.2) is 53.3 Å². The predicted molar refractivity (Wildman–Crippen MR) is 123 cm³/mol. The topological polar surface area (TPSA) is 84.7 Å². The number of nitrogens with zero attached hydrogens (tertiary/aromatic N) is 3. The van der Waals surface area contributed by atoms with Gasteiger partial charge in [-0.2, -0.15) is 0 Å². The number of fused-ring (bicyclic) bond motifs is 2. The molecule has 0 spiro atoms. The molecule has 0 fully saturated rings. The summed E-state index contributed by atoms with van der Waals surface area (Å²) in [5.74, 6) is 0.818. The van der Waals surface area contributed by atoms with Gasteiger partial charge >= 0.3 is 5.69 Å². The first-order chi connectivity index (χ1) is 15.0. The zero-order valence-electron chi connectivity index (χ0n) is 18.3. The van der Waals surface area contributed by atoms with E-state index in [1.807, 2.05) is 48.5 Å². The van der Waals surface area contributed by atoms with Crippen LogP contribution < -0.4 is 11.0 Å². The first kappa shape index (κ1) is 20.9. The summed E-state index contributed by atoms with van der Waals surface area (Å²) in [6, 6.07) is 15.4. The second-order valence-electron chi connectivity index (χ2n) is 8.25. The number of aromatic amines is 1. The lowest BCUT2D eigenvalue weighted by molar-refractivity contribution is -0.122. The minimum atomic E-state index is -0.224. The monoisotopic (exact) mass is 419 g/mol. The standard InChI is InChI=1S/C24H29N5O2/c1-4-14-28-19-11-7-8-12-20(19)29(24(28)31)15-13-21(30)27-22(16(2)3)23-25-17-9-5-6-10-18(17)26-23/h5-12,16,22H,4,13-15H2,1-3H3,(H,25,26)(H,27,30)/t22-/m1/s1. The highest BCUT2D eigenvalue weighted by Crippen LogP contribution is 2.22. The third kappa shape index (κ3) is 4.13. The Kier molecular flexibility index (Phi) is 5.93. The number of H-pyrrole nitrogens is 1. The zero-order valence-corrected chi connectivity index (χ0v) is 18.3. The Bertz CT molecular complexity index is 1230. The molecule has 4 aromatic rings. The lowest BCUT2D eigenvalue weighted by Crippen LogP contribution is -2.34. The zero-order chi connectivity index (χ0) is 22.0. The largest absolute Gasteiger partial charge is 0.346 e. The number of carbonyl (C=O) groups is 1. The van der Waals surface area contributed by atoms with E-state index in [4.69, 9.17) is 0 Å². The molecule has 2 aromatic carbocycles. The van der Waals surface area contributed by atoms with Crippen LogP contribution in [-0.4, -0.2) is 25.0 Å². The highest BCUT2D eigenvalue weighted by molar-refractivity contribution is 5.79. The van der Waals surface area contributed by atoms with Crippen molar-refractivity contribution in [2.24, 2.45) is 5.92 Å². The first-order valence-corrected chi connectivity index (χ1v) is 10.9. The molecule has 162 valence electrons. The van der Waals surface area contributed by atoms with Crippen LogP contribution in [0.4, 0.5) is 0 Å². The fourth-order valence-electron chi connectivity index (χ4n) is 4.06. The normalized spacial score (nSPS) is 12.6. The van der Waals surface area contributed by atoms with Gasteiger partial charge in [-0.1, -0.05) is 45.0 Å². The minimum absolute atomic E-state index is 0.0615. The van der Waals surface area contributed by atoms with Gasteiger partial charge in [0, 0.05) is 19.5 Å². The van der Waals surface area contributed by atoms with E-state index in [0.717, 1.165) is 34.3 Å². The van der Waals surface area contributed by atoms with E-state index < -0.39 is 0 Å². The molecule has 0 bridgehead atoms. The maximum Gasteiger partial charge on any atom is 0.329 e. The van der Waals surface area contributed by atoms with Crippen molar-refractivity contribution in [2.45, 2.75) is 52.7 Å². The number of para-hydroxylation sites is 4. The maximum absolute atomic E-state index is 12.9. The van der Waals surface area contributed by atoms with E-state index >= 15 is 0 Å². The summed E-state index contributed by atoms with van der Waals surface area (Å²) in [4.78, 5) is 33.7. The maximum atomic E-state index is 12.9. The van der Waals surface area contributed by atoms with Crippen molar-refractivity contribution in [1.29, 1.82) is 0 Å². The number of nitrogens with one attached hydrogen (secondary N) is 2. The molecule has 2 heterocycles. The van der Waals surface area contributed by atoms with Crippen LogP contribution >= 0.6 is 0 Å². The van der Waals surface area contributed by atoms with Gasteiger partial charge in [-0.25, -0.2) is 9.78 Å². The van der Waals surface area contributed by atoms with Gasteiger partial charge in [-0.15, -0.1) is 0 Å². The number of carbonyl (C=O) groups excluding carboxylic acids is 1. The summed E-state index contributed by atoms with van der Waals surface area (Å²) in [7, 11) is 0. The Morgan fingerprint density at radius 2 is 1.68 bits per heavy atom. The highest BCUT2D eigenvalue weighted by atomic mass is 16.2. The molecule has 0 unspecified atom stereocenters. The van der Waals surface area contributed by atoms with Gasteiger partial charge in [0.1, 0.15) is 5.82 Å². The summed E-state index contributed by atoms with van der Waals surface area (Å²) in [6.07, 6.45) is 1.10. The fraction of sp³-hybridized carbons (Fsp3) is 0.375. The average molecular weight is 420 g/mol. The van der Waals surface area contributed by atoms with Crippen LogP contribution in [0.2, 0.25) is 0 Å². The van der Waals surface area contributed by atoms with Crippen LogP contribution in [0.25, 0.3) is 22.1 Å². The van der Waals surface area contributed by atoms with E-state index in [9.17, 15) is 9.59 Å². The molecule has 2 aromatic heterocycles. The summed E-state index contributed by atoms with van der Waals surface area (Å²) < 4.78 is 3.49. The van der Waals surface area contributed by atoms with Crippen molar-refractivity contribution in [2.75, 3.05) is 0 Å². The number of hydrogen-bond acceptors (Lipinski definition) is 3. The van der Waals surface area contributed by atoms with Crippen LogP contribution in [-0.2, 0) is 17.9 Å². The number of hydrogen-bond donors (Lipinski definition) is 2. The lowest BCUT2D eigenvalue weighted by Gasteiger charge is -2.20. The SMILES string of the molecule is CCCn1c(=O)n(CCC(=O)N[C@@H](c2nc3ccccc3[nH]2)C(C)C)c2ccccc21. The molecule has 7 nitrogen and oxygen atoms in total. The summed E-state index contributed by atoms with van der Waals surface area (Å²) in [6.45, 7) is 7.17. The molecular weight excluding hydrogens is 390 g/mol. The third-order valence-corrected chi connectivity index (χ3v) is 5.62. The molecule has 0 radical (unpaired) electrons. The lowest BCUT2D eigenvalue weighted by atomic mass is 10.0. The Morgan fingerprint density at radius 1 is 1.03 bits per heavy atom. The molecule has 1 amide bonds. The molecule has 0 aliphatic heterocycles. The van der Waals surface area contributed by atoms with Gasteiger partial charge in [-0.05, 0) is 36.6 Å². The van der Waals surface area contributed by atoms with Crippen molar-refractivity contribution in [3.63, 3.8) is 0 Å². The van der Waals surface area contributed by atoms with Crippen molar-refractivity contribution in [3.8, 4) is 0 Å². The number of aryl methyl sites for hydroxylation is 2. The minimum Gasteiger partial charge on any atom is -0.346 e. The molecule has 0 saturated heterocycles. The van der Waals surface area contributed by atoms with E-state index in [0.29, 0.717) is 13.1 Å². The summed E-state index contributed by atoms with van der Waals surface area (Å²) in [5.41, 5.74) is 3.55. The summed E-state index contributed by atoms with van der Waals surface area (Å²) in [5, 5.41) is 3.11. The average Bonchev–Trinajstić information content (AvgIpc) is 3.30. The predicted octanol–water partition coefficient (Wildman–Crippen LogP) is 3.99. The Labute approximate surface area is 181 Å². The smallest absolute Gasteiger partial charge is 0.329 e. The number of benzene rings is 2. The second kappa shape index (κ2) is 8.79. The third-order valence-electron chi connectivity index (χ3n) is 5.62. The van der Waals surface area contributed by atoms with Gasteiger partial charge in [0.2, 0.25) is 5.91 Å². The van der Waals surface area contributed by atoms with Crippen LogP contribution in [0.3, 0.4) is 0 Å². The Morgan fingerprint density at radius 3 is 2.32 bits per heavy atom. The Balaban J connectivity index is 1.52. The van der Waals surface area contributed by atoms with Crippen molar-refractivity contribution >= 4 is 28.0 Å². The number of aromatic nitrogens is 4. The van der Waals surface area contributed by atoms with E-state index in [1.165, 1.54) is 0 Å². The van der Waals surface area contributed by atoms with E-state index in [1.54, 1.807) is 9.13 Å². The molecule has 0 aliphatic rings. The molecule has 2 N–H and O–H groups in total. The van der Waals surface area contributed by atoms with E-state index in [-0.39, 0.29) is 30.0 Å². The van der Waals surface area contributed by atoms with Crippen LogP contribution in [0.1, 0.15) is 45.5 Å². The highest BCUT2D eigenvalue weighted by Gasteiger charge is 2.22. The number of imidazole rings is 2. The van der Waals surface area contributed by atoms with Crippen LogP contribution in [0.5, 0.6) is 0 Å². The summed E-state index contributed by atoms with van der Waals surface area (Å²) >= 11 is 0. The van der Waals surface area contributed by atoms with Gasteiger partial charge in [0.15, 0.2) is 0 Å². The molecule has 4 rings (SSSR count). The molecule has 0 saturated carbocycles. The van der Waals surface area contributed by atoms with Gasteiger partial charge in [0.05, 0.1) is 28.1 Å². The molecule has 0 aliphatic carbocycles. The second-order valence-corrected chi connectivity index (χ2v) is 8.25. The van der Waals surface area contributed by atoms with Gasteiger partial charge < -0.3 is 10.3 Å². The first-order valence-electron chi connectivity index (χ1n) is 10.9. The van der Waals surface area contributed by atoms with Gasteiger partial charge in [0.25, 0.3) is 0 Å². The van der Waals surface area contributed by atoms with Crippen molar-refractivity contribution < 1.29 is 4.79 Å². The van der Waals surface area contributed by atoms with Crippen molar-refractivity contribution in [3.05, 3.63) is 64.8 Å². The quantitative estimate of drug-likeness (QED) is 0.453. The molecular formula is C24H29N5O2.